The number of methoxy groups -OCH3 is 1. The van der Waals surface area contributed by atoms with Crippen molar-refractivity contribution in [3.63, 3.8) is 0 Å². The Balaban J connectivity index is 1.39. The number of rotatable bonds is 6. The molecule has 0 atom stereocenters. The number of nitrogens with zero attached hydrogens (tertiary/aromatic N) is 2. The van der Waals surface area contributed by atoms with Crippen molar-refractivity contribution in [2.45, 2.75) is 64.1 Å². The van der Waals surface area contributed by atoms with E-state index in [0.717, 1.165) is 37.3 Å². The molecule has 1 aliphatic carbocycles. The maximum atomic E-state index is 12.5. The zero-order valence-electron chi connectivity index (χ0n) is 15.9. The number of benzene rings is 1. The molecule has 6 nitrogen and oxygen atoms in total. The molecule has 1 saturated carbocycles. The molecule has 0 radical (unpaired) electrons. The van der Waals surface area contributed by atoms with Crippen LogP contribution in [0.25, 0.3) is 0 Å². The van der Waals surface area contributed by atoms with E-state index in [2.05, 4.69) is 14.9 Å². The number of fused-ring (bicyclic) bond motifs is 1. The van der Waals surface area contributed by atoms with Crippen molar-refractivity contribution >= 4 is 5.91 Å². The fraction of sp³-hybridized carbons (Fsp3) is 0.524. The third-order valence-corrected chi connectivity index (χ3v) is 5.41. The minimum atomic E-state index is -0.133. The zero-order chi connectivity index (χ0) is 18.6. The summed E-state index contributed by atoms with van der Waals surface area (Å²) in [7, 11) is 1.61. The van der Waals surface area contributed by atoms with Gasteiger partial charge in [0.05, 0.1) is 25.5 Å². The molecule has 27 heavy (non-hydrogen) atoms. The maximum absolute atomic E-state index is 12.5. The average molecular weight is 369 g/mol. The molecular weight excluding hydrogens is 342 g/mol. The fourth-order valence-electron chi connectivity index (χ4n) is 3.92. The van der Waals surface area contributed by atoms with E-state index in [-0.39, 0.29) is 12.0 Å². The Morgan fingerprint density at radius 1 is 1.22 bits per heavy atom. The summed E-state index contributed by atoms with van der Waals surface area (Å²) in [4.78, 5) is 17.2. The Morgan fingerprint density at radius 3 is 2.85 bits per heavy atom. The van der Waals surface area contributed by atoms with Gasteiger partial charge in [0.25, 0.3) is 5.91 Å². The van der Waals surface area contributed by atoms with Crippen LogP contribution in [0.3, 0.4) is 0 Å². The number of nitrogens with one attached hydrogen (secondary N) is 1. The molecule has 0 bridgehead atoms. The molecule has 1 N–H and O–H groups in total. The molecule has 4 rings (SSSR count). The number of amides is 1. The van der Waals surface area contributed by atoms with E-state index in [1.54, 1.807) is 19.2 Å². The standard InChI is InChI=1S/C21H27N3O3/c1-26-19-12-15(9-10-18(19)27-17-6-2-3-7-17)21(25)22-13-16-14-24-11-5-4-8-20(24)23-16/h9-10,12,14,17H,2-8,11,13H2,1H3,(H,22,25). The lowest BCUT2D eigenvalue weighted by atomic mass is 10.2. The summed E-state index contributed by atoms with van der Waals surface area (Å²) in [5.41, 5.74) is 1.47. The van der Waals surface area contributed by atoms with Gasteiger partial charge >= 0.3 is 0 Å². The molecule has 1 fully saturated rings. The SMILES string of the molecule is COc1cc(C(=O)NCc2cn3c(n2)CCCC3)ccc1OC1CCCC1. The highest BCUT2D eigenvalue weighted by Crippen LogP contribution is 2.32. The summed E-state index contributed by atoms with van der Waals surface area (Å²) in [5.74, 6) is 2.31. The monoisotopic (exact) mass is 369 g/mol. The number of aromatic nitrogens is 2. The van der Waals surface area contributed by atoms with E-state index in [4.69, 9.17) is 9.47 Å². The molecule has 6 heteroatoms. The smallest absolute Gasteiger partial charge is 0.251 e. The summed E-state index contributed by atoms with van der Waals surface area (Å²) in [5, 5.41) is 2.96. The van der Waals surface area contributed by atoms with Crippen LogP contribution in [0.1, 0.15) is 60.4 Å². The molecule has 2 aromatic rings. The van der Waals surface area contributed by atoms with Gasteiger partial charge in [-0.3, -0.25) is 4.79 Å². The second kappa shape index (κ2) is 8.03. The highest BCUT2D eigenvalue weighted by molar-refractivity contribution is 5.94. The highest BCUT2D eigenvalue weighted by atomic mass is 16.5. The Kier molecular flexibility index (Phi) is 5.32. The Bertz CT molecular complexity index is 785. The maximum Gasteiger partial charge on any atom is 0.251 e. The van der Waals surface area contributed by atoms with Gasteiger partial charge < -0.3 is 19.4 Å². The van der Waals surface area contributed by atoms with Gasteiger partial charge in [-0.25, -0.2) is 4.98 Å². The van der Waals surface area contributed by atoms with Crippen LogP contribution >= 0.6 is 0 Å². The van der Waals surface area contributed by atoms with Gasteiger partial charge in [-0.05, 0) is 56.7 Å². The van der Waals surface area contributed by atoms with Gasteiger partial charge in [0.15, 0.2) is 11.5 Å². The van der Waals surface area contributed by atoms with Crippen LogP contribution < -0.4 is 14.8 Å². The Labute approximate surface area is 159 Å². The first-order chi connectivity index (χ1) is 13.2. The second-order valence-corrected chi connectivity index (χ2v) is 7.37. The minimum absolute atomic E-state index is 0.133. The molecular formula is C21H27N3O3. The van der Waals surface area contributed by atoms with Crippen molar-refractivity contribution in [3.8, 4) is 11.5 Å². The normalized spacial score (nSPS) is 16.8. The molecule has 144 valence electrons. The van der Waals surface area contributed by atoms with E-state index in [0.29, 0.717) is 23.6 Å². The summed E-state index contributed by atoms with van der Waals surface area (Å²) in [6.45, 7) is 1.46. The number of hydrogen-bond donors (Lipinski definition) is 1. The van der Waals surface area contributed by atoms with Crippen molar-refractivity contribution in [2.24, 2.45) is 0 Å². The van der Waals surface area contributed by atoms with Crippen molar-refractivity contribution in [2.75, 3.05) is 7.11 Å². The quantitative estimate of drug-likeness (QED) is 0.847. The number of carbonyl (C=O) groups excluding carboxylic acids is 1. The van der Waals surface area contributed by atoms with Crippen molar-refractivity contribution in [1.82, 2.24) is 14.9 Å². The Morgan fingerprint density at radius 2 is 2.07 bits per heavy atom. The molecule has 1 aromatic carbocycles. The van der Waals surface area contributed by atoms with Gasteiger partial charge in [-0.15, -0.1) is 0 Å². The zero-order valence-corrected chi connectivity index (χ0v) is 15.9. The van der Waals surface area contributed by atoms with Crippen LogP contribution in [0.15, 0.2) is 24.4 Å². The molecule has 1 amide bonds. The highest BCUT2D eigenvalue weighted by Gasteiger charge is 2.19. The summed E-state index contributed by atoms with van der Waals surface area (Å²) in [6.07, 6.45) is 10.3. The molecule has 2 aliphatic rings. The van der Waals surface area contributed by atoms with Crippen molar-refractivity contribution in [3.05, 3.63) is 41.5 Å². The molecule has 0 spiro atoms. The van der Waals surface area contributed by atoms with E-state index in [1.807, 2.05) is 12.3 Å². The topological polar surface area (TPSA) is 65.4 Å². The molecule has 1 aliphatic heterocycles. The predicted molar refractivity (Wildman–Crippen MR) is 102 cm³/mol. The van der Waals surface area contributed by atoms with Crippen LogP contribution in [0.4, 0.5) is 0 Å². The number of hydrogen-bond acceptors (Lipinski definition) is 4. The number of carbonyl (C=O) groups is 1. The lowest BCUT2D eigenvalue weighted by molar-refractivity contribution is 0.0950. The van der Waals surface area contributed by atoms with Crippen LogP contribution in [-0.2, 0) is 19.5 Å². The summed E-state index contributed by atoms with van der Waals surface area (Å²) in [6, 6.07) is 5.37. The molecule has 0 unspecified atom stereocenters. The number of aryl methyl sites for hydroxylation is 2. The van der Waals surface area contributed by atoms with Crippen molar-refractivity contribution in [1.29, 1.82) is 0 Å². The van der Waals surface area contributed by atoms with Crippen molar-refractivity contribution < 1.29 is 14.3 Å². The van der Waals surface area contributed by atoms with Gasteiger partial charge in [-0.1, -0.05) is 0 Å². The summed E-state index contributed by atoms with van der Waals surface area (Å²) >= 11 is 0. The number of ether oxygens (including phenoxy) is 2. The van der Waals surface area contributed by atoms with Crippen LogP contribution in [-0.4, -0.2) is 28.7 Å². The first-order valence-corrected chi connectivity index (χ1v) is 9.91. The van der Waals surface area contributed by atoms with E-state index < -0.39 is 0 Å². The molecule has 0 saturated heterocycles. The molecule has 1 aromatic heterocycles. The largest absolute Gasteiger partial charge is 0.493 e. The van der Waals surface area contributed by atoms with E-state index in [1.165, 1.54) is 25.7 Å². The first kappa shape index (κ1) is 17.9. The molecule has 2 heterocycles. The first-order valence-electron chi connectivity index (χ1n) is 9.91. The third-order valence-electron chi connectivity index (χ3n) is 5.41. The van der Waals surface area contributed by atoms with E-state index >= 15 is 0 Å². The van der Waals surface area contributed by atoms with Crippen LogP contribution in [0, 0.1) is 0 Å². The Hall–Kier alpha value is -2.50. The van der Waals surface area contributed by atoms with Gasteiger partial charge in [0.1, 0.15) is 5.82 Å². The number of imidazole rings is 1. The van der Waals surface area contributed by atoms with Gasteiger partial charge in [0, 0.05) is 24.7 Å². The minimum Gasteiger partial charge on any atom is -0.493 e. The van der Waals surface area contributed by atoms with Crippen LogP contribution in [0.2, 0.25) is 0 Å². The average Bonchev–Trinajstić information content (AvgIpc) is 3.35. The lowest BCUT2D eigenvalue weighted by Gasteiger charge is -2.16. The summed E-state index contributed by atoms with van der Waals surface area (Å²) < 4.78 is 13.7. The predicted octanol–water partition coefficient (Wildman–Crippen LogP) is 3.48. The third kappa shape index (κ3) is 4.10. The fourth-order valence-corrected chi connectivity index (χ4v) is 3.92. The second-order valence-electron chi connectivity index (χ2n) is 7.37. The lowest BCUT2D eigenvalue weighted by Crippen LogP contribution is -2.23. The van der Waals surface area contributed by atoms with Crippen LogP contribution in [0.5, 0.6) is 11.5 Å². The van der Waals surface area contributed by atoms with Gasteiger partial charge in [-0.2, -0.15) is 0 Å². The van der Waals surface area contributed by atoms with Gasteiger partial charge in [0.2, 0.25) is 0 Å². The van der Waals surface area contributed by atoms with E-state index in [9.17, 15) is 4.79 Å².